The van der Waals surface area contributed by atoms with Gasteiger partial charge in [-0.3, -0.25) is 4.79 Å². The van der Waals surface area contributed by atoms with Gasteiger partial charge in [0.2, 0.25) is 0 Å². The van der Waals surface area contributed by atoms with Gasteiger partial charge in [0, 0.05) is 23.9 Å². The zero-order chi connectivity index (χ0) is 36.4. The molecule has 2 aliphatic carbocycles. The number of phenols is 1. The lowest BCUT2D eigenvalue weighted by molar-refractivity contribution is 0.103. The number of hydrogen-bond acceptors (Lipinski definition) is 5. The molecule has 7 heteroatoms. The number of benzene rings is 3. The van der Waals surface area contributed by atoms with Crippen molar-refractivity contribution in [3.8, 4) is 11.5 Å². The monoisotopic (exact) mass is 903 g/mol. The van der Waals surface area contributed by atoms with E-state index in [1.54, 1.807) is 0 Å². The highest BCUT2D eigenvalue weighted by Crippen LogP contribution is 2.71. The number of para-hydroxylation sites is 1. The number of ketones is 1. The minimum atomic E-state index is 0.0153. The number of carbonyl (C=O) groups is 1. The second-order valence-electron chi connectivity index (χ2n) is 15.1. The Hall–Kier alpha value is -2.11. The summed E-state index contributed by atoms with van der Waals surface area (Å²) in [6.07, 6.45) is 6.74. The van der Waals surface area contributed by atoms with Crippen LogP contribution < -0.4 is 4.74 Å². The van der Waals surface area contributed by atoms with Crippen molar-refractivity contribution < 1.29 is 19.1 Å². The Bertz CT molecular complexity index is 1800. The van der Waals surface area contributed by atoms with Gasteiger partial charge in [-0.05, 0) is 161 Å². The van der Waals surface area contributed by atoms with Gasteiger partial charge < -0.3 is 19.2 Å². The van der Waals surface area contributed by atoms with Crippen molar-refractivity contribution in [2.45, 2.75) is 99.8 Å². The van der Waals surface area contributed by atoms with Crippen molar-refractivity contribution in [2.75, 3.05) is 26.2 Å². The fourth-order valence-corrected chi connectivity index (χ4v) is 10.5. The van der Waals surface area contributed by atoms with Crippen LogP contribution in [0.3, 0.4) is 0 Å². The zero-order valence-electron chi connectivity index (χ0n) is 31.2. The molecule has 2 bridgehead atoms. The third-order valence-electron chi connectivity index (χ3n) is 12.3. The number of halogens is 2. The molecule has 5 nitrogen and oxygen atoms in total. The molecule has 6 rings (SSSR count). The molecule has 270 valence electrons. The summed E-state index contributed by atoms with van der Waals surface area (Å²) in [4.78, 5) is 15.9. The predicted octanol–water partition coefficient (Wildman–Crippen LogP) is 11.9. The number of nitrogens with zero attached hydrogens (tertiary/aromatic N) is 1. The van der Waals surface area contributed by atoms with E-state index in [4.69, 9.17) is 9.15 Å². The quantitative estimate of drug-likeness (QED) is 0.113. The van der Waals surface area contributed by atoms with Crippen LogP contribution in [0.25, 0.3) is 11.0 Å². The van der Waals surface area contributed by atoms with Gasteiger partial charge in [0.1, 0.15) is 29.4 Å². The molecule has 0 spiro atoms. The summed E-state index contributed by atoms with van der Waals surface area (Å²) in [7, 11) is 0. The maximum absolute atomic E-state index is 13.6. The van der Waals surface area contributed by atoms with Crippen LogP contribution >= 0.6 is 45.2 Å². The van der Waals surface area contributed by atoms with Gasteiger partial charge in [0.05, 0.1) is 12.7 Å². The van der Waals surface area contributed by atoms with E-state index < -0.39 is 0 Å². The van der Waals surface area contributed by atoms with Crippen LogP contribution in [0.4, 0.5) is 0 Å². The minimum absolute atomic E-state index is 0.0153. The maximum atomic E-state index is 13.6. The van der Waals surface area contributed by atoms with E-state index in [1.165, 1.54) is 36.0 Å². The molecule has 2 aliphatic rings. The number of likely N-dealkylation sites (N-methyl/N-ethyl adjacent to an activating group) is 1. The number of aryl methyl sites for hydroxylation is 3. The van der Waals surface area contributed by atoms with E-state index in [-0.39, 0.29) is 5.78 Å². The number of phenolic OH excluding ortho intramolecular Hbond substituents is 1. The molecule has 50 heavy (non-hydrogen) atoms. The Morgan fingerprint density at radius 1 is 1.00 bits per heavy atom. The Kier molecular flexibility index (Phi) is 12.7. The standard InChI is InChI=1S/C25H29I2NO3.C18H26O/c1-4-7-11-22-23(18-10-8-9-12-21(18)31-22)24(29)17-15-19(26)25(20(27)16-17)30-14-13-28(5-2)6-3;1-11-8-14(16(19)9-12(11)2)15-10-13-6-7-18(15,5)17(13,3)4/h8-10,12,15-16H,4-7,11,13-14H2,1-3H3;8-9,13,15,19H,6-7,10H2,1-5H3. The van der Waals surface area contributed by atoms with Gasteiger partial charge >= 0.3 is 0 Å². The van der Waals surface area contributed by atoms with Crippen LogP contribution in [0.15, 0.2) is 52.9 Å². The van der Waals surface area contributed by atoms with Gasteiger partial charge in [-0.15, -0.1) is 0 Å². The topological polar surface area (TPSA) is 62.9 Å². The fraction of sp³-hybridized carbons (Fsp3) is 0.512. The second-order valence-corrected chi connectivity index (χ2v) is 17.5. The number of hydrogen-bond donors (Lipinski definition) is 1. The summed E-state index contributed by atoms with van der Waals surface area (Å²) in [5.41, 5.74) is 6.59. The number of carbonyl (C=O) groups excluding carboxylic acids is 1. The first kappa shape index (κ1) is 39.1. The van der Waals surface area contributed by atoms with Crippen LogP contribution in [0.2, 0.25) is 0 Å². The van der Waals surface area contributed by atoms with Crippen LogP contribution in [0.5, 0.6) is 11.5 Å². The number of ether oxygens (including phenoxy) is 1. The molecule has 4 aromatic rings. The van der Waals surface area contributed by atoms with Gasteiger partial charge in [0.25, 0.3) is 0 Å². The van der Waals surface area contributed by atoms with Crippen molar-refractivity contribution in [3.63, 3.8) is 0 Å². The van der Waals surface area contributed by atoms with Crippen LogP contribution in [-0.2, 0) is 6.42 Å². The largest absolute Gasteiger partial charge is 0.508 e. The van der Waals surface area contributed by atoms with Gasteiger partial charge in [-0.25, -0.2) is 0 Å². The number of rotatable bonds is 12. The van der Waals surface area contributed by atoms with Crippen molar-refractivity contribution >= 4 is 61.9 Å². The Morgan fingerprint density at radius 3 is 2.26 bits per heavy atom. The van der Waals surface area contributed by atoms with Gasteiger partial charge in [0.15, 0.2) is 5.78 Å². The van der Waals surface area contributed by atoms with E-state index in [9.17, 15) is 9.90 Å². The predicted molar refractivity (Wildman–Crippen MR) is 223 cm³/mol. The Morgan fingerprint density at radius 2 is 1.66 bits per heavy atom. The first-order valence-electron chi connectivity index (χ1n) is 18.5. The molecule has 0 amide bonds. The molecule has 3 unspecified atom stereocenters. The highest BCUT2D eigenvalue weighted by atomic mass is 127. The lowest BCUT2D eigenvalue weighted by Crippen LogP contribution is -2.31. The molecule has 2 saturated carbocycles. The van der Waals surface area contributed by atoms with Gasteiger partial charge in [-0.1, -0.05) is 72.2 Å². The van der Waals surface area contributed by atoms with Crippen molar-refractivity contribution in [1.82, 2.24) is 4.90 Å². The molecule has 0 aliphatic heterocycles. The smallest absolute Gasteiger partial charge is 0.197 e. The summed E-state index contributed by atoms with van der Waals surface area (Å²) in [6.45, 7) is 21.6. The first-order chi connectivity index (χ1) is 23.8. The summed E-state index contributed by atoms with van der Waals surface area (Å²) in [6, 6.07) is 15.9. The SMILES string of the molecule is CCCCc1oc2ccccc2c1C(=O)c1cc(I)c(OCCN(CC)CC)c(I)c1.Cc1cc(O)c(C2CC3CCC2(C)C3(C)C)cc1C. The van der Waals surface area contributed by atoms with E-state index in [2.05, 4.69) is 112 Å². The summed E-state index contributed by atoms with van der Waals surface area (Å²) in [5.74, 6) is 3.52. The van der Waals surface area contributed by atoms with Crippen molar-refractivity contribution in [2.24, 2.45) is 16.7 Å². The molecule has 1 N–H and O–H groups in total. The van der Waals surface area contributed by atoms with Crippen LogP contribution in [-0.4, -0.2) is 42.0 Å². The second kappa shape index (κ2) is 16.3. The Labute approximate surface area is 327 Å². The summed E-state index contributed by atoms with van der Waals surface area (Å²) >= 11 is 4.54. The molecular formula is C43H55I2NO4. The summed E-state index contributed by atoms with van der Waals surface area (Å²) < 4.78 is 14.1. The van der Waals surface area contributed by atoms with Gasteiger partial charge in [-0.2, -0.15) is 0 Å². The lowest BCUT2D eigenvalue weighted by Gasteiger charge is -2.40. The third kappa shape index (κ3) is 7.66. The lowest BCUT2D eigenvalue weighted by atomic mass is 9.65. The molecule has 3 atom stereocenters. The minimum Gasteiger partial charge on any atom is -0.508 e. The fourth-order valence-electron chi connectivity index (χ4n) is 8.42. The average Bonchev–Trinajstić information content (AvgIpc) is 3.63. The zero-order valence-corrected chi connectivity index (χ0v) is 35.5. The molecular weight excluding hydrogens is 848 g/mol. The summed E-state index contributed by atoms with van der Waals surface area (Å²) in [5, 5.41) is 11.3. The molecule has 0 saturated heterocycles. The van der Waals surface area contributed by atoms with Crippen molar-refractivity contribution in [3.05, 3.63) is 89.2 Å². The van der Waals surface area contributed by atoms with E-state index in [1.807, 2.05) is 42.5 Å². The molecule has 1 aromatic heterocycles. The number of unbranched alkanes of at least 4 members (excludes halogenated alkanes) is 1. The number of furan rings is 1. The molecule has 2 fully saturated rings. The Balaban J connectivity index is 0.000000217. The highest BCUT2D eigenvalue weighted by Gasteiger charge is 2.61. The molecule has 3 aromatic carbocycles. The average molecular weight is 904 g/mol. The van der Waals surface area contributed by atoms with Crippen LogP contribution in [0, 0.1) is 37.7 Å². The van der Waals surface area contributed by atoms with Crippen molar-refractivity contribution in [1.29, 1.82) is 0 Å². The van der Waals surface area contributed by atoms with E-state index in [0.29, 0.717) is 40.2 Å². The number of aromatic hydroxyl groups is 1. The van der Waals surface area contributed by atoms with E-state index >= 15 is 0 Å². The van der Waals surface area contributed by atoms with Crippen LogP contribution in [0.1, 0.15) is 118 Å². The molecule has 0 radical (unpaired) electrons. The number of fused-ring (bicyclic) bond motifs is 3. The first-order valence-corrected chi connectivity index (χ1v) is 20.6. The normalized spacial score (nSPS) is 20.7. The third-order valence-corrected chi connectivity index (χ3v) is 13.9. The highest BCUT2D eigenvalue weighted by molar-refractivity contribution is 14.1. The maximum Gasteiger partial charge on any atom is 0.197 e. The van der Waals surface area contributed by atoms with E-state index in [0.717, 1.165) is 74.4 Å². The molecule has 1 heterocycles.